The number of ether oxygens (including phenoxy) is 1. The maximum atomic E-state index is 12.7. The van der Waals surface area contributed by atoms with Gasteiger partial charge in [-0.05, 0) is 38.5 Å². The van der Waals surface area contributed by atoms with Crippen molar-refractivity contribution in [3.8, 4) is 17.1 Å². The molecule has 1 amide bonds. The highest BCUT2D eigenvalue weighted by atomic mass is 32.2. The minimum Gasteiger partial charge on any atom is -0.495 e. The number of aromatic nitrogens is 3. The van der Waals surface area contributed by atoms with Crippen LogP contribution in [-0.4, -0.2) is 33.0 Å². The molecule has 0 bridgehead atoms. The van der Waals surface area contributed by atoms with Crippen molar-refractivity contribution in [1.29, 1.82) is 0 Å². The van der Waals surface area contributed by atoms with Crippen LogP contribution in [0, 0.1) is 6.92 Å². The largest absolute Gasteiger partial charge is 0.495 e. The van der Waals surface area contributed by atoms with Gasteiger partial charge < -0.3 is 14.6 Å². The number of methoxy groups -OCH3 is 1. The van der Waals surface area contributed by atoms with Crippen LogP contribution >= 0.6 is 11.8 Å². The SMILES string of the molecule is CCn1c(SC(C)C(=O)Nc2cc(C)ccc2OC)nnc1-c1ccccc1. The monoisotopic (exact) mass is 396 g/mol. The van der Waals surface area contributed by atoms with Crippen LogP contribution in [0.2, 0.25) is 0 Å². The Labute approximate surface area is 169 Å². The van der Waals surface area contributed by atoms with E-state index in [4.69, 9.17) is 4.74 Å². The van der Waals surface area contributed by atoms with Crippen molar-refractivity contribution < 1.29 is 9.53 Å². The van der Waals surface area contributed by atoms with E-state index in [1.165, 1.54) is 11.8 Å². The summed E-state index contributed by atoms with van der Waals surface area (Å²) in [5.41, 5.74) is 2.72. The zero-order valence-corrected chi connectivity index (χ0v) is 17.3. The summed E-state index contributed by atoms with van der Waals surface area (Å²) in [6.07, 6.45) is 0. The fraction of sp³-hybridized carbons (Fsp3) is 0.286. The predicted molar refractivity (Wildman–Crippen MR) is 113 cm³/mol. The molecule has 1 atom stereocenters. The van der Waals surface area contributed by atoms with Gasteiger partial charge in [-0.1, -0.05) is 48.2 Å². The zero-order valence-electron chi connectivity index (χ0n) is 16.5. The van der Waals surface area contributed by atoms with Gasteiger partial charge in [0.1, 0.15) is 5.75 Å². The molecule has 0 aliphatic heterocycles. The molecule has 0 radical (unpaired) electrons. The third-order valence-electron chi connectivity index (χ3n) is 4.33. The van der Waals surface area contributed by atoms with E-state index in [0.717, 1.165) is 28.7 Å². The number of carbonyl (C=O) groups excluding carboxylic acids is 1. The van der Waals surface area contributed by atoms with E-state index in [0.29, 0.717) is 11.4 Å². The molecule has 3 rings (SSSR count). The zero-order chi connectivity index (χ0) is 20.1. The van der Waals surface area contributed by atoms with Crippen molar-refractivity contribution in [1.82, 2.24) is 14.8 Å². The van der Waals surface area contributed by atoms with Crippen LogP contribution in [-0.2, 0) is 11.3 Å². The molecule has 6 nitrogen and oxygen atoms in total. The lowest BCUT2D eigenvalue weighted by molar-refractivity contribution is -0.115. The number of aryl methyl sites for hydroxylation is 1. The van der Waals surface area contributed by atoms with Gasteiger partial charge in [0.25, 0.3) is 0 Å². The molecule has 28 heavy (non-hydrogen) atoms. The van der Waals surface area contributed by atoms with Gasteiger partial charge in [-0.2, -0.15) is 0 Å². The van der Waals surface area contributed by atoms with E-state index >= 15 is 0 Å². The number of hydrogen-bond donors (Lipinski definition) is 1. The number of nitrogens with one attached hydrogen (secondary N) is 1. The Morgan fingerprint density at radius 2 is 1.96 bits per heavy atom. The summed E-state index contributed by atoms with van der Waals surface area (Å²) in [6, 6.07) is 15.6. The Morgan fingerprint density at radius 3 is 2.64 bits per heavy atom. The maximum Gasteiger partial charge on any atom is 0.237 e. The average molecular weight is 397 g/mol. The highest BCUT2D eigenvalue weighted by molar-refractivity contribution is 8.00. The van der Waals surface area contributed by atoms with E-state index in [9.17, 15) is 4.79 Å². The van der Waals surface area contributed by atoms with E-state index in [2.05, 4.69) is 15.5 Å². The number of carbonyl (C=O) groups is 1. The van der Waals surface area contributed by atoms with Gasteiger partial charge in [0.2, 0.25) is 5.91 Å². The van der Waals surface area contributed by atoms with Crippen LogP contribution in [0.5, 0.6) is 5.75 Å². The first-order valence-corrected chi connectivity index (χ1v) is 10.0. The van der Waals surface area contributed by atoms with Crippen LogP contribution in [0.1, 0.15) is 19.4 Å². The lowest BCUT2D eigenvalue weighted by atomic mass is 10.2. The number of anilines is 1. The molecule has 0 saturated carbocycles. The number of thioether (sulfide) groups is 1. The minimum atomic E-state index is -0.344. The summed E-state index contributed by atoms with van der Waals surface area (Å²) in [5.74, 6) is 1.33. The smallest absolute Gasteiger partial charge is 0.237 e. The molecule has 0 aliphatic rings. The van der Waals surface area contributed by atoms with Crippen molar-refractivity contribution in [2.75, 3.05) is 12.4 Å². The second-order valence-corrected chi connectivity index (χ2v) is 7.68. The number of amides is 1. The maximum absolute atomic E-state index is 12.7. The predicted octanol–water partition coefficient (Wildman–Crippen LogP) is 4.40. The molecule has 146 valence electrons. The Bertz CT molecular complexity index is 956. The Morgan fingerprint density at radius 1 is 1.21 bits per heavy atom. The van der Waals surface area contributed by atoms with Crippen molar-refractivity contribution >= 4 is 23.4 Å². The standard InChI is InChI=1S/C21H24N4O2S/c1-5-25-19(16-9-7-6-8-10-16)23-24-21(25)28-15(3)20(26)22-17-13-14(2)11-12-18(17)27-4/h6-13,15H,5H2,1-4H3,(H,22,26). The highest BCUT2D eigenvalue weighted by Crippen LogP contribution is 2.29. The first kappa shape index (κ1) is 19.9. The van der Waals surface area contributed by atoms with E-state index in [1.807, 2.05) is 73.9 Å². The molecule has 1 N–H and O–H groups in total. The van der Waals surface area contributed by atoms with E-state index in [1.54, 1.807) is 7.11 Å². The Kier molecular flexibility index (Phi) is 6.36. The molecule has 1 heterocycles. The van der Waals surface area contributed by atoms with Gasteiger partial charge in [0, 0.05) is 12.1 Å². The van der Waals surface area contributed by atoms with Crippen molar-refractivity contribution in [2.24, 2.45) is 0 Å². The summed E-state index contributed by atoms with van der Waals surface area (Å²) >= 11 is 1.39. The Hall–Kier alpha value is -2.80. The van der Waals surface area contributed by atoms with Crippen LogP contribution in [0.3, 0.4) is 0 Å². The first-order valence-electron chi connectivity index (χ1n) is 9.14. The Balaban J connectivity index is 1.76. The third-order valence-corrected chi connectivity index (χ3v) is 5.41. The van der Waals surface area contributed by atoms with E-state index in [-0.39, 0.29) is 11.2 Å². The molecule has 3 aromatic rings. The lowest BCUT2D eigenvalue weighted by Gasteiger charge is -2.15. The van der Waals surface area contributed by atoms with Gasteiger partial charge in [0.05, 0.1) is 18.0 Å². The van der Waals surface area contributed by atoms with Crippen LogP contribution in [0.25, 0.3) is 11.4 Å². The van der Waals surface area contributed by atoms with Gasteiger partial charge in [-0.3, -0.25) is 4.79 Å². The van der Waals surface area contributed by atoms with Gasteiger partial charge in [0.15, 0.2) is 11.0 Å². The third kappa shape index (κ3) is 4.36. The summed E-state index contributed by atoms with van der Waals surface area (Å²) in [7, 11) is 1.59. The van der Waals surface area contributed by atoms with Gasteiger partial charge >= 0.3 is 0 Å². The topological polar surface area (TPSA) is 69.0 Å². The van der Waals surface area contributed by atoms with Crippen molar-refractivity contribution in [3.05, 3.63) is 54.1 Å². The molecule has 0 fully saturated rings. The number of benzene rings is 2. The lowest BCUT2D eigenvalue weighted by Crippen LogP contribution is -2.23. The van der Waals surface area contributed by atoms with Crippen molar-refractivity contribution in [3.63, 3.8) is 0 Å². The normalized spacial score (nSPS) is 11.9. The molecular formula is C21H24N4O2S. The summed E-state index contributed by atoms with van der Waals surface area (Å²) in [4.78, 5) is 12.7. The van der Waals surface area contributed by atoms with Crippen LogP contribution in [0.15, 0.2) is 53.7 Å². The first-order chi connectivity index (χ1) is 13.5. The molecule has 1 unspecified atom stereocenters. The fourth-order valence-corrected chi connectivity index (χ4v) is 3.74. The molecule has 1 aromatic heterocycles. The van der Waals surface area contributed by atoms with Crippen molar-refractivity contribution in [2.45, 2.75) is 37.7 Å². The van der Waals surface area contributed by atoms with Gasteiger partial charge in [-0.25, -0.2) is 0 Å². The second-order valence-electron chi connectivity index (χ2n) is 6.37. The van der Waals surface area contributed by atoms with Crippen LogP contribution in [0.4, 0.5) is 5.69 Å². The number of hydrogen-bond acceptors (Lipinski definition) is 5. The summed E-state index contributed by atoms with van der Waals surface area (Å²) in [6.45, 7) is 6.60. The molecule has 0 saturated heterocycles. The number of rotatable bonds is 7. The summed E-state index contributed by atoms with van der Waals surface area (Å²) < 4.78 is 7.36. The number of nitrogens with zero attached hydrogens (tertiary/aromatic N) is 3. The minimum absolute atomic E-state index is 0.110. The molecule has 2 aromatic carbocycles. The second kappa shape index (κ2) is 8.93. The quantitative estimate of drug-likeness (QED) is 0.600. The fourth-order valence-electron chi connectivity index (χ4n) is 2.83. The average Bonchev–Trinajstić information content (AvgIpc) is 3.11. The van der Waals surface area contributed by atoms with Crippen LogP contribution < -0.4 is 10.1 Å². The molecule has 0 aliphatic carbocycles. The molecule has 0 spiro atoms. The highest BCUT2D eigenvalue weighted by Gasteiger charge is 2.21. The summed E-state index contributed by atoms with van der Waals surface area (Å²) in [5, 5.41) is 12.0. The van der Waals surface area contributed by atoms with Gasteiger partial charge in [-0.15, -0.1) is 10.2 Å². The molecule has 7 heteroatoms. The molecular weight excluding hydrogens is 372 g/mol. The van der Waals surface area contributed by atoms with E-state index < -0.39 is 0 Å².